The van der Waals surface area contributed by atoms with Crippen LogP contribution in [0.3, 0.4) is 0 Å². The molecule has 0 bridgehead atoms. The highest BCUT2D eigenvalue weighted by molar-refractivity contribution is 6.30. The number of nitrogens with one attached hydrogen (secondary N) is 2. The molecule has 24 heavy (non-hydrogen) atoms. The Kier molecular flexibility index (Phi) is 6.63. The summed E-state index contributed by atoms with van der Waals surface area (Å²) in [6.07, 6.45) is 0.585. The second-order valence-electron chi connectivity index (χ2n) is 5.10. The molecule has 0 unspecified atom stereocenters. The lowest BCUT2D eigenvalue weighted by atomic mass is 10.1. The summed E-state index contributed by atoms with van der Waals surface area (Å²) >= 11 is 5.97. The minimum absolute atomic E-state index is 0.0690. The predicted octanol–water partition coefficient (Wildman–Crippen LogP) is 2.44. The number of methoxy groups -OCH3 is 1. The standard InChI is InChI=1S/C18H19ClN2O3/c1-24-16-8-7-15(19)11-14(16)9-10-20-17(22)12-21-18(23)13-5-3-2-4-6-13/h2-8,11H,9-10,12H2,1H3,(H,20,22)(H,21,23). The maximum Gasteiger partial charge on any atom is 0.251 e. The van der Waals surface area contributed by atoms with Crippen LogP contribution in [-0.2, 0) is 11.2 Å². The Morgan fingerprint density at radius 1 is 1.08 bits per heavy atom. The maximum absolute atomic E-state index is 11.8. The number of halogens is 1. The second kappa shape index (κ2) is 8.93. The van der Waals surface area contributed by atoms with Crippen LogP contribution in [0.25, 0.3) is 0 Å². The molecule has 0 radical (unpaired) electrons. The molecule has 0 heterocycles. The second-order valence-corrected chi connectivity index (χ2v) is 5.54. The zero-order valence-corrected chi connectivity index (χ0v) is 14.1. The SMILES string of the molecule is COc1ccc(Cl)cc1CCNC(=O)CNC(=O)c1ccccc1. The van der Waals surface area contributed by atoms with E-state index < -0.39 is 0 Å². The highest BCUT2D eigenvalue weighted by Gasteiger charge is 2.08. The fraction of sp³-hybridized carbons (Fsp3) is 0.222. The Balaban J connectivity index is 1.76. The minimum atomic E-state index is -0.276. The smallest absolute Gasteiger partial charge is 0.251 e. The van der Waals surface area contributed by atoms with Crippen LogP contribution >= 0.6 is 11.6 Å². The van der Waals surface area contributed by atoms with E-state index in [0.29, 0.717) is 23.6 Å². The summed E-state index contributed by atoms with van der Waals surface area (Å²) in [7, 11) is 1.59. The van der Waals surface area contributed by atoms with Gasteiger partial charge in [-0.05, 0) is 42.3 Å². The van der Waals surface area contributed by atoms with Crippen LogP contribution in [0.2, 0.25) is 5.02 Å². The summed E-state index contributed by atoms with van der Waals surface area (Å²) in [6.45, 7) is 0.358. The molecule has 6 heteroatoms. The van der Waals surface area contributed by atoms with Crippen LogP contribution in [0, 0.1) is 0 Å². The number of amides is 2. The van der Waals surface area contributed by atoms with Gasteiger partial charge < -0.3 is 15.4 Å². The Morgan fingerprint density at radius 2 is 1.83 bits per heavy atom. The van der Waals surface area contributed by atoms with Gasteiger partial charge in [0.05, 0.1) is 13.7 Å². The van der Waals surface area contributed by atoms with E-state index in [1.165, 1.54) is 0 Å². The van der Waals surface area contributed by atoms with E-state index in [1.807, 2.05) is 12.1 Å². The first-order valence-electron chi connectivity index (χ1n) is 7.52. The summed E-state index contributed by atoms with van der Waals surface area (Å²) in [5.41, 5.74) is 1.44. The van der Waals surface area contributed by atoms with Crippen molar-refractivity contribution in [2.75, 3.05) is 20.2 Å². The summed E-state index contributed by atoms with van der Waals surface area (Å²) in [5.74, 6) is 0.202. The van der Waals surface area contributed by atoms with Gasteiger partial charge in [-0.3, -0.25) is 9.59 Å². The number of benzene rings is 2. The zero-order chi connectivity index (χ0) is 17.4. The molecule has 0 spiro atoms. The quantitative estimate of drug-likeness (QED) is 0.809. The molecule has 0 saturated heterocycles. The lowest BCUT2D eigenvalue weighted by Crippen LogP contribution is -2.37. The van der Waals surface area contributed by atoms with Gasteiger partial charge in [-0.25, -0.2) is 0 Å². The van der Waals surface area contributed by atoms with Crippen LogP contribution in [0.5, 0.6) is 5.75 Å². The average Bonchev–Trinajstić information content (AvgIpc) is 2.60. The topological polar surface area (TPSA) is 67.4 Å². The molecule has 0 aliphatic rings. The minimum Gasteiger partial charge on any atom is -0.496 e. The summed E-state index contributed by atoms with van der Waals surface area (Å²) < 4.78 is 5.26. The Hall–Kier alpha value is -2.53. The van der Waals surface area contributed by atoms with E-state index >= 15 is 0 Å². The number of rotatable bonds is 7. The fourth-order valence-corrected chi connectivity index (χ4v) is 2.39. The molecule has 2 aromatic carbocycles. The highest BCUT2D eigenvalue weighted by atomic mass is 35.5. The molecular formula is C18H19ClN2O3. The van der Waals surface area contributed by atoms with Crippen molar-refractivity contribution in [2.24, 2.45) is 0 Å². The zero-order valence-electron chi connectivity index (χ0n) is 13.3. The van der Waals surface area contributed by atoms with Crippen molar-refractivity contribution in [1.82, 2.24) is 10.6 Å². The first-order valence-corrected chi connectivity index (χ1v) is 7.90. The molecular weight excluding hydrogens is 328 g/mol. The molecule has 0 atom stereocenters. The van der Waals surface area contributed by atoms with E-state index in [2.05, 4.69) is 10.6 Å². The van der Waals surface area contributed by atoms with Crippen LogP contribution < -0.4 is 15.4 Å². The Labute approximate surface area is 146 Å². The van der Waals surface area contributed by atoms with Gasteiger partial charge in [0.15, 0.2) is 0 Å². The summed E-state index contributed by atoms with van der Waals surface area (Å²) in [5, 5.41) is 5.96. The van der Waals surface area contributed by atoms with Gasteiger partial charge in [-0.2, -0.15) is 0 Å². The predicted molar refractivity (Wildman–Crippen MR) is 93.5 cm³/mol. The van der Waals surface area contributed by atoms with Crippen molar-refractivity contribution < 1.29 is 14.3 Å². The van der Waals surface area contributed by atoms with Gasteiger partial charge in [0, 0.05) is 17.1 Å². The van der Waals surface area contributed by atoms with Crippen molar-refractivity contribution in [3.63, 3.8) is 0 Å². The molecule has 2 N–H and O–H groups in total. The van der Waals surface area contributed by atoms with E-state index in [4.69, 9.17) is 16.3 Å². The Bertz CT molecular complexity index is 705. The molecule has 0 aromatic heterocycles. The molecule has 2 amide bonds. The molecule has 2 aromatic rings. The van der Waals surface area contributed by atoms with Crippen LogP contribution in [0.15, 0.2) is 48.5 Å². The molecule has 0 fully saturated rings. The number of hydrogen-bond acceptors (Lipinski definition) is 3. The van der Waals surface area contributed by atoms with Crippen molar-refractivity contribution in [2.45, 2.75) is 6.42 Å². The van der Waals surface area contributed by atoms with E-state index in [9.17, 15) is 9.59 Å². The number of hydrogen-bond donors (Lipinski definition) is 2. The lowest BCUT2D eigenvalue weighted by Gasteiger charge is -2.10. The van der Waals surface area contributed by atoms with E-state index in [1.54, 1.807) is 43.5 Å². The molecule has 2 rings (SSSR count). The van der Waals surface area contributed by atoms with Crippen LogP contribution in [0.1, 0.15) is 15.9 Å². The molecule has 0 aliphatic heterocycles. The lowest BCUT2D eigenvalue weighted by molar-refractivity contribution is -0.120. The third-order valence-corrected chi connectivity index (χ3v) is 3.64. The van der Waals surface area contributed by atoms with Crippen molar-refractivity contribution in [3.8, 4) is 5.75 Å². The first kappa shape index (κ1) is 17.8. The van der Waals surface area contributed by atoms with Gasteiger partial charge in [0.1, 0.15) is 5.75 Å². The van der Waals surface area contributed by atoms with Crippen LogP contribution in [0.4, 0.5) is 0 Å². The van der Waals surface area contributed by atoms with Gasteiger partial charge in [-0.15, -0.1) is 0 Å². The summed E-state index contributed by atoms with van der Waals surface area (Å²) in [4.78, 5) is 23.7. The molecule has 5 nitrogen and oxygen atoms in total. The van der Waals surface area contributed by atoms with Gasteiger partial charge in [0.25, 0.3) is 5.91 Å². The first-order chi connectivity index (χ1) is 11.6. The van der Waals surface area contributed by atoms with Crippen molar-refractivity contribution in [3.05, 3.63) is 64.7 Å². The molecule has 0 aliphatic carbocycles. The van der Waals surface area contributed by atoms with Crippen molar-refractivity contribution >= 4 is 23.4 Å². The highest BCUT2D eigenvalue weighted by Crippen LogP contribution is 2.22. The monoisotopic (exact) mass is 346 g/mol. The van der Waals surface area contributed by atoms with Crippen molar-refractivity contribution in [1.29, 1.82) is 0 Å². The van der Waals surface area contributed by atoms with Gasteiger partial charge in [0.2, 0.25) is 5.91 Å². The third-order valence-electron chi connectivity index (χ3n) is 3.40. The van der Waals surface area contributed by atoms with E-state index in [-0.39, 0.29) is 18.4 Å². The largest absolute Gasteiger partial charge is 0.496 e. The van der Waals surface area contributed by atoms with Gasteiger partial charge in [-0.1, -0.05) is 29.8 Å². The Morgan fingerprint density at radius 3 is 2.54 bits per heavy atom. The van der Waals surface area contributed by atoms with Crippen LogP contribution in [-0.4, -0.2) is 32.0 Å². The number of ether oxygens (including phenoxy) is 1. The average molecular weight is 347 g/mol. The summed E-state index contributed by atoms with van der Waals surface area (Å²) in [6, 6.07) is 14.1. The van der Waals surface area contributed by atoms with Gasteiger partial charge >= 0.3 is 0 Å². The van der Waals surface area contributed by atoms with E-state index in [0.717, 1.165) is 11.3 Å². The number of carbonyl (C=O) groups excluding carboxylic acids is 2. The fourth-order valence-electron chi connectivity index (χ4n) is 2.19. The normalized spacial score (nSPS) is 10.1. The molecule has 0 saturated carbocycles. The third kappa shape index (κ3) is 5.28. The number of carbonyl (C=O) groups is 2. The molecule has 126 valence electrons. The maximum atomic E-state index is 11.8.